The molecule has 9 rings (SSSR count). The highest BCUT2D eigenvalue weighted by atomic mass is 19.4. The third kappa shape index (κ3) is 53.3. The van der Waals surface area contributed by atoms with Gasteiger partial charge in [-0.2, -0.15) is 17.9 Å². The Morgan fingerprint density at radius 2 is 1.13 bits per heavy atom. The average Bonchev–Trinajstić information content (AvgIpc) is 1.70. The van der Waals surface area contributed by atoms with Crippen molar-refractivity contribution in [2.45, 2.75) is 240 Å². The number of aliphatic imine (C=N–C) groups is 1. The summed E-state index contributed by atoms with van der Waals surface area (Å²) in [5.41, 5.74) is 16.7. The van der Waals surface area contributed by atoms with E-state index < -0.39 is 12.1 Å². The summed E-state index contributed by atoms with van der Waals surface area (Å²) in [6.45, 7) is 47.4. The number of rotatable bonds is 36. The van der Waals surface area contributed by atoms with E-state index in [4.69, 9.17) is 32.8 Å². The Morgan fingerprint density at radius 1 is 0.597 bits per heavy atom. The van der Waals surface area contributed by atoms with Gasteiger partial charge in [0.05, 0.1) is 77.5 Å². The number of nitrogens with two attached hydrogens (primary N) is 3. The van der Waals surface area contributed by atoms with E-state index in [0.29, 0.717) is 168 Å². The number of morpholine rings is 1. The van der Waals surface area contributed by atoms with Crippen LogP contribution in [0, 0.1) is 70.0 Å². The second kappa shape index (κ2) is 61.4. The molecule has 1 aromatic carbocycles. The van der Waals surface area contributed by atoms with Crippen LogP contribution in [0.15, 0.2) is 46.3 Å². The first-order valence-electron chi connectivity index (χ1n) is 42.8. The minimum absolute atomic E-state index is 0.0258. The Morgan fingerprint density at radius 3 is 1.65 bits per heavy atom. The number of guanidine groups is 2. The number of ether oxygens (including phenoxy) is 1. The van der Waals surface area contributed by atoms with Crippen molar-refractivity contribution in [1.29, 1.82) is 10.8 Å². The quantitative estimate of drug-likeness (QED) is 0.0124. The lowest BCUT2D eigenvalue weighted by molar-refractivity contribution is -0.157. The standard InChI is InChI=1S/C13H24N2O.C12H14N4O.C10H17N5O.C9H11F3N2O2.C9H17NO2.C8H14N4O.C8H17N3O.C8H16N2O.C7H15N3O/c1-10(2)7-12(16)9-15-6-4-11-8-14-5-3-13(11)15;1-9(2)7-12(17)10-5-3-4-6-11(10)16-8-13-14-15-16;1-8(2)5-9(16)6-14-3-4-15-10(7-14)11-12-13-15;1-5(2)3-6(15)4-7-13-14-8(16-7)9(10,11)12;1-8(2)7-9(11)10-3-5-12-6-4-10;1-7(2)5-8(13)3-4-12-6-9-10-11-12;1-6(2)4-7(12)5-11(3)8(9)10;1-7(2)4-8(11)5-10(3)6-9;1-5(2)3-6(11)4-10-7(8)9/h10-11,13-14H,3-9H2,1-2H3;3-6,8-9H,7H2,1-2H3;8H,3-7H2,1-2H3;5H,3-4H2,1-2H3;8H,3-7H2,1-2H3;6-7H,3-5H2,1-2H3;6H,4-5H2,1-3H3,(H3,9,10);6-7,9H,4-5H2,1-3H3;5H,3-4H2,1-2H3,(H4,8,9,10). The van der Waals surface area contributed by atoms with Crippen molar-refractivity contribution in [2.24, 2.45) is 81.4 Å². The first-order valence-corrected chi connectivity index (χ1v) is 42.8. The van der Waals surface area contributed by atoms with Gasteiger partial charge in [0.2, 0.25) is 11.8 Å². The molecule has 0 bridgehead atoms. The fourth-order valence-corrected chi connectivity index (χ4v) is 12.6. The maximum atomic E-state index is 12.1. The van der Waals surface area contributed by atoms with Crippen molar-refractivity contribution < 1.29 is 65.5 Å². The molecule has 37 nitrogen and oxygen atoms in total. The molecule has 0 radical (unpaired) electrons. The number of nitrogens with zero attached hydrogens (tertiary/aromatic N) is 20. The molecule has 5 aromatic rings. The topological polar surface area (TPSA) is 499 Å². The summed E-state index contributed by atoms with van der Waals surface area (Å²) >= 11 is 0. The van der Waals surface area contributed by atoms with Crippen molar-refractivity contribution >= 4 is 70.4 Å². The number of likely N-dealkylation sites (tertiary alicyclic amines) is 1. The fraction of sp³-hybridized carbons (Fsp3) is 0.726. The van der Waals surface area contributed by atoms with Crippen LogP contribution in [0.25, 0.3) is 5.69 Å². The van der Waals surface area contributed by atoms with Crippen molar-refractivity contribution in [3.05, 3.63) is 60.1 Å². The summed E-state index contributed by atoms with van der Waals surface area (Å²) < 4.78 is 50.6. The number of benzene rings is 1. The monoisotopic (exact) mass is 1750 g/mol. The van der Waals surface area contributed by atoms with Crippen LogP contribution in [0.4, 0.5) is 13.2 Å². The van der Waals surface area contributed by atoms with Crippen molar-refractivity contribution in [1.82, 2.24) is 101 Å². The van der Waals surface area contributed by atoms with Crippen LogP contribution in [0.3, 0.4) is 0 Å². The highest BCUT2D eigenvalue weighted by Gasteiger charge is 2.39. The van der Waals surface area contributed by atoms with E-state index in [9.17, 15) is 56.3 Å². The smallest absolute Gasteiger partial charge is 0.417 e. The number of Topliss-reactive ketones (excluding diaryl/α,β-unsaturated/α-hetero) is 8. The SMILES string of the molecule is CC(C)CC(=O)CCn1cnnn1.CC(C)CC(=O)CN(C)C(=N)N.CC(C)CC(=O)CN(C)C=N.CC(C)CC(=O)CN1CCC2CNCCC21.CC(C)CC(=O)CN1CCn2nnnc2C1.CC(C)CC(=O)CN=C(N)N.CC(C)CC(=O)Cc1nnc(C(F)(F)F)o1.CC(C)CC(=O)N1CCOCC1.CC(C)CC(=O)c1ccccc1-n1cnnn1. The number of ketones is 8. The summed E-state index contributed by atoms with van der Waals surface area (Å²) in [7, 11) is 3.37. The molecule has 124 heavy (non-hydrogen) atoms. The summed E-state index contributed by atoms with van der Waals surface area (Å²) in [5, 5.41) is 56.3. The Hall–Kier alpha value is -9.96. The van der Waals surface area contributed by atoms with Gasteiger partial charge in [0.1, 0.15) is 42.3 Å². The van der Waals surface area contributed by atoms with Crippen LogP contribution in [-0.2, 0) is 75.3 Å². The molecular weight excluding hydrogens is 1610 g/mol. The van der Waals surface area contributed by atoms with E-state index in [2.05, 4.69) is 123 Å². The van der Waals surface area contributed by atoms with Gasteiger partial charge in [0.25, 0.3) is 0 Å². The predicted octanol–water partition coefficient (Wildman–Crippen LogP) is 8.54. The van der Waals surface area contributed by atoms with Crippen LogP contribution in [0.2, 0.25) is 0 Å². The van der Waals surface area contributed by atoms with Gasteiger partial charge in [0, 0.05) is 110 Å². The number of amides is 1. The zero-order valence-corrected chi connectivity index (χ0v) is 77.2. The first-order chi connectivity index (χ1) is 58.2. The van der Waals surface area contributed by atoms with Gasteiger partial charge < -0.3 is 46.4 Å². The molecule has 0 aliphatic carbocycles. The molecule has 9 N–H and O–H groups in total. The highest BCUT2D eigenvalue weighted by molar-refractivity contribution is 5.99. The molecule has 698 valence electrons. The molecule has 0 spiro atoms. The highest BCUT2D eigenvalue weighted by Crippen LogP contribution is 2.30. The van der Waals surface area contributed by atoms with Crippen molar-refractivity contribution in [3.8, 4) is 5.69 Å². The molecule has 1 amide bonds. The second-order valence-electron chi connectivity index (χ2n) is 35.0. The van der Waals surface area contributed by atoms with Crippen LogP contribution in [-0.4, -0.2) is 271 Å². The lowest BCUT2D eigenvalue weighted by Crippen LogP contribution is -2.45. The number of carbonyl (C=O) groups is 9. The number of fused-ring (bicyclic) bond motifs is 2. The van der Waals surface area contributed by atoms with E-state index >= 15 is 0 Å². The molecule has 3 fully saturated rings. The van der Waals surface area contributed by atoms with Gasteiger partial charge in [-0.05, 0) is 135 Å². The number of likely N-dealkylation sites (N-methyl/N-ethyl adjacent to an activating group) is 2. The number of aromatic nitrogens is 14. The first kappa shape index (κ1) is 112. The molecule has 4 aliphatic rings. The largest absolute Gasteiger partial charge is 0.470 e. The summed E-state index contributed by atoms with van der Waals surface area (Å²) in [5.74, 6) is 4.89. The maximum Gasteiger partial charge on any atom is 0.470 e. The van der Waals surface area contributed by atoms with Crippen LogP contribution >= 0.6 is 0 Å². The van der Waals surface area contributed by atoms with Crippen LogP contribution < -0.4 is 22.5 Å². The number of para-hydroxylation sites is 1. The molecule has 2 unspecified atom stereocenters. The van der Waals surface area contributed by atoms with Gasteiger partial charge in [-0.3, -0.25) is 63.8 Å². The van der Waals surface area contributed by atoms with Gasteiger partial charge in [-0.1, -0.05) is 137 Å². The number of hydrogen-bond acceptors (Lipinski definition) is 28. The van der Waals surface area contributed by atoms with E-state index in [-0.39, 0.29) is 90.3 Å². The Kier molecular flexibility index (Phi) is 55.5. The maximum absolute atomic E-state index is 12.1. The van der Waals surface area contributed by atoms with E-state index in [0.717, 1.165) is 76.0 Å². The molecule has 8 heterocycles. The number of aryl methyl sites for hydroxylation is 1. The Balaban J connectivity index is 0.000000701. The normalized spacial score (nSPS) is 14.7. The molecular formula is C84H145F3N26O11. The van der Waals surface area contributed by atoms with Crippen molar-refractivity contribution in [2.75, 3.05) is 99.3 Å². The van der Waals surface area contributed by atoms with Gasteiger partial charge >= 0.3 is 12.1 Å². The molecule has 3 saturated heterocycles. The van der Waals surface area contributed by atoms with E-state index in [1.165, 1.54) is 35.1 Å². The number of carbonyl (C=O) groups excluding carboxylic acids is 9. The minimum Gasteiger partial charge on any atom is -0.417 e. The van der Waals surface area contributed by atoms with Gasteiger partial charge in [-0.15, -0.1) is 25.5 Å². The number of hydrogen-bond donors (Lipinski definition) is 6. The number of piperidine rings is 1. The third-order valence-corrected chi connectivity index (χ3v) is 18.0. The summed E-state index contributed by atoms with van der Waals surface area (Å²) in [6, 6.07) is 8.04. The predicted molar refractivity (Wildman–Crippen MR) is 467 cm³/mol. The zero-order chi connectivity index (χ0) is 93.8. The lowest BCUT2D eigenvalue weighted by Gasteiger charge is -2.31. The number of tetrazole rings is 3. The van der Waals surface area contributed by atoms with Gasteiger partial charge in [-0.25, -0.2) is 14.4 Å². The summed E-state index contributed by atoms with van der Waals surface area (Å²) in [6.07, 6.45) is 7.48. The Bertz CT molecular complexity index is 3930. The summed E-state index contributed by atoms with van der Waals surface area (Å²) in [4.78, 5) is 116. The van der Waals surface area contributed by atoms with Crippen molar-refractivity contribution in [3.63, 3.8) is 0 Å². The minimum atomic E-state index is -4.66. The molecule has 4 aliphatic heterocycles. The zero-order valence-electron chi connectivity index (χ0n) is 77.2. The number of alkyl halides is 3. The van der Waals surface area contributed by atoms with Crippen LogP contribution in [0.5, 0.6) is 0 Å². The van der Waals surface area contributed by atoms with E-state index in [1.807, 2.05) is 112 Å². The fourth-order valence-electron chi connectivity index (χ4n) is 12.6. The van der Waals surface area contributed by atoms with Gasteiger partial charge in [0.15, 0.2) is 40.9 Å². The van der Waals surface area contributed by atoms with E-state index in [1.54, 1.807) is 28.4 Å². The molecule has 40 heteroatoms. The number of nitrogens with one attached hydrogen (secondary N) is 3. The molecule has 4 aromatic heterocycles. The average molecular weight is 1750 g/mol. The van der Waals surface area contributed by atoms with Crippen LogP contribution in [0.1, 0.15) is 230 Å². The molecule has 0 saturated carbocycles. The number of halogens is 3. The molecule has 2 atom stereocenters. The lowest BCUT2D eigenvalue weighted by atomic mass is 9.94. The Labute approximate surface area is 730 Å². The second-order valence-corrected chi connectivity index (χ2v) is 35.0. The third-order valence-electron chi connectivity index (χ3n) is 18.0.